The van der Waals surface area contributed by atoms with Gasteiger partial charge in [-0.15, -0.1) is 0 Å². The quantitative estimate of drug-likeness (QED) is 0.653. The van der Waals surface area contributed by atoms with Crippen LogP contribution in [0, 0.1) is 5.92 Å². The van der Waals surface area contributed by atoms with Crippen LogP contribution >= 0.6 is 0 Å². The number of ether oxygens (including phenoxy) is 1. The summed E-state index contributed by atoms with van der Waals surface area (Å²) in [5.74, 6) is 0.187. The molecule has 0 radical (unpaired) electrons. The highest BCUT2D eigenvalue weighted by molar-refractivity contribution is 5.78. The minimum atomic E-state index is -0.453. The van der Waals surface area contributed by atoms with Gasteiger partial charge in [-0.1, -0.05) is 33.1 Å². The van der Waals surface area contributed by atoms with Crippen molar-refractivity contribution < 1.29 is 9.53 Å². The van der Waals surface area contributed by atoms with Gasteiger partial charge >= 0.3 is 0 Å². The van der Waals surface area contributed by atoms with E-state index in [1.165, 1.54) is 19.3 Å². The molecule has 0 spiro atoms. The van der Waals surface area contributed by atoms with E-state index in [2.05, 4.69) is 13.8 Å². The predicted molar refractivity (Wildman–Crippen MR) is 57.9 cm³/mol. The summed E-state index contributed by atoms with van der Waals surface area (Å²) in [6.07, 6.45) is 4.27. The number of carbonyl (C=O) groups is 1. The first-order chi connectivity index (χ1) is 6.61. The van der Waals surface area contributed by atoms with Crippen LogP contribution in [0.2, 0.25) is 0 Å². The number of hydrogen-bond donors (Lipinski definition) is 1. The molecule has 2 N–H and O–H groups in total. The number of amides is 1. The smallest absolute Gasteiger partial charge is 0.246 e. The molecule has 14 heavy (non-hydrogen) atoms. The molecule has 3 nitrogen and oxygen atoms in total. The largest absolute Gasteiger partial charge is 0.368 e. The Kier molecular flexibility index (Phi) is 7.48. The van der Waals surface area contributed by atoms with Crippen molar-refractivity contribution in [3.8, 4) is 0 Å². The molecule has 0 aliphatic rings. The van der Waals surface area contributed by atoms with Crippen LogP contribution in [-0.2, 0) is 9.53 Å². The number of primary amides is 1. The lowest BCUT2D eigenvalue weighted by molar-refractivity contribution is -0.129. The lowest BCUT2D eigenvalue weighted by Crippen LogP contribution is -2.29. The monoisotopic (exact) mass is 201 g/mol. The van der Waals surface area contributed by atoms with Crippen molar-refractivity contribution in [3.63, 3.8) is 0 Å². The fraction of sp³-hybridized carbons (Fsp3) is 0.909. The van der Waals surface area contributed by atoms with Gasteiger partial charge < -0.3 is 10.5 Å². The molecule has 0 aromatic carbocycles. The van der Waals surface area contributed by atoms with Crippen LogP contribution in [0.5, 0.6) is 0 Å². The van der Waals surface area contributed by atoms with E-state index in [9.17, 15) is 4.79 Å². The van der Waals surface area contributed by atoms with Crippen molar-refractivity contribution in [2.45, 2.75) is 52.6 Å². The zero-order chi connectivity index (χ0) is 11.0. The van der Waals surface area contributed by atoms with E-state index >= 15 is 0 Å². The Morgan fingerprint density at radius 1 is 1.43 bits per heavy atom. The molecule has 0 saturated heterocycles. The van der Waals surface area contributed by atoms with Gasteiger partial charge in [0.05, 0.1) is 6.61 Å². The molecule has 0 saturated carbocycles. The summed E-state index contributed by atoms with van der Waals surface area (Å²) >= 11 is 0. The van der Waals surface area contributed by atoms with E-state index in [-0.39, 0.29) is 5.91 Å². The molecular formula is C11H23NO2. The van der Waals surface area contributed by atoms with E-state index in [0.717, 1.165) is 6.42 Å². The molecule has 2 atom stereocenters. The lowest BCUT2D eigenvalue weighted by Gasteiger charge is -2.16. The molecule has 84 valence electrons. The second-order valence-electron chi connectivity index (χ2n) is 3.79. The number of carbonyl (C=O) groups excluding carboxylic acids is 1. The SMILES string of the molecule is CCCCC(CC)COC(C)C(N)=O. The van der Waals surface area contributed by atoms with Gasteiger partial charge in [-0.05, 0) is 19.3 Å². The first-order valence-electron chi connectivity index (χ1n) is 5.52. The number of rotatable bonds is 8. The number of hydrogen-bond acceptors (Lipinski definition) is 2. The zero-order valence-electron chi connectivity index (χ0n) is 9.58. The van der Waals surface area contributed by atoms with E-state index in [4.69, 9.17) is 10.5 Å². The van der Waals surface area contributed by atoms with Crippen LogP contribution in [0.1, 0.15) is 46.5 Å². The summed E-state index contributed by atoms with van der Waals surface area (Å²) in [4.78, 5) is 10.7. The van der Waals surface area contributed by atoms with Crippen LogP contribution in [-0.4, -0.2) is 18.6 Å². The molecule has 0 aromatic rings. The summed E-state index contributed by atoms with van der Waals surface area (Å²) in [7, 11) is 0. The fourth-order valence-corrected chi connectivity index (χ4v) is 1.26. The van der Waals surface area contributed by atoms with Crippen LogP contribution in [0.25, 0.3) is 0 Å². The summed E-state index contributed by atoms with van der Waals surface area (Å²) in [5.41, 5.74) is 5.10. The summed E-state index contributed by atoms with van der Waals surface area (Å²) in [6, 6.07) is 0. The average Bonchev–Trinajstić information content (AvgIpc) is 2.17. The highest BCUT2D eigenvalue weighted by Crippen LogP contribution is 2.13. The van der Waals surface area contributed by atoms with E-state index < -0.39 is 6.10 Å². The highest BCUT2D eigenvalue weighted by Gasteiger charge is 2.12. The van der Waals surface area contributed by atoms with Gasteiger partial charge in [-0.3, -0.25) is 4.79 Å². The molecule has 2 unspecified atom stereocenters. The van der Waals surface area contributed by atoms with Gasteiger partial charge in [0.1, 0.15) is 6.10 Å². The summed E-state index contributed by atoms with van der Waals surface area (Å²) in [5, 5.41) is 0. The van der Waals surface area contributed by atoms with Crippen molar-refractivity contribution in [3.05, 3.63) is 0 Å². The Hall–Kier alpha value is -0.570. The van der Waals surface area contributed by atoms with Crippen LogP contribution in [0.15, 0.2) is 0 Å². The maximum Gasteiger partial charge on any atom is 0.246 e. The molecule has 0 bridgehead atoms. The standard InChI is InChI=1S/C11H23NO2/c1-4-6-7-10(5-2)8-14-9(3)11(12)13/h9-10H,4-8H2,1-3H3,(H2,12,13). The lowest BCUT2D eigenvalue weighted by atomic mass is 10.0. The van der Waals surface area contributed by atoms with Crippen LogP contribution in [0.3, 0.4) is 0 Å². The second kappa shape index (κ2) is 7.80. The predicted octanol–water partition coefficient (Wildman–Crippen LogP) is 2.09. The van der Waals surface area contributed by atoms with E-state index in [1.54, 1.807) is 6.92 Å². The fourth-order valence-electron chi connectivity index (χ4n) is 1.26. The molecular weight excluding hydrogens is 178 g/mol. The summed E-state index contributed by atoms with van der Waals surface area (Å²) in [6.45, 7) is 6.69. The molecule has 0 aliphatic carbocycles. The normalized spacial score (nSPS) is 15.1. The Morgan fingerprint density at radius 3 is 2.50 bits per heavy atom. The molecule has 0 aromatic heterocycles. The van der Waals surface area contributed by atoms with Gasteiger partial charge in [-0.2, -0.15) is 0 Å². The Labute approximate surface area is 87.0 Å². The third-order valence-electron chi connectivity index (χ3n) is 2.53. The molecule has 0 heterocycles. The molecule has 3 heteroatoms. The Balaban J connectivity index is 3.66. The van der Waals surface area contributed by atoms with Gasteiger partial charge in [-0.25, -0.2) is 0 Å². The zero-order valence-corrected chi connectivity index (χ0v) is 9.58. The first kappa shape index (κ1) is 13.4. The molecule has 0 rings (SSSR count). The van der Waals surface area contributed by atoms with Crippen molar-refractivity contribution in [1.29, 1.82) is 0 Å². The summed E-state index contributed by atoms with van der Waals surface area (Å²) < 4.78 is 5.38. The average molecular weight is 201 g/mol. The van der Waals surface area contributed by atoms with Crippen LogP contribution in [0.4, 0.5) is 0 Å². The van der Waals surface area contributed by atoms with Crippen molar-refractivity contribution in [2.75, 3.05) is 6.61 Å². The van der Waals surface area contributed by atoms with Crippen molar-refractivity contribution in [1.82, 2.24) is 0 Å². The third-order valence-corrected chi connectivity index (χ3v) is 2.53. The van der Waals surface area contributed by atoms with E-state index in [1.807, 2.05) is 0 Å². The minimum Gasteiger partial charge on any atom is -0.368 e. The Bertz CT molecular complexity index is 159. The molecule has 0 fully saturated rings. The minimum absolute atomic E-state index is 0.379. The third kappa shape index (κ3) is 5.97. The van der Waals surface area contributed by atoms with E-state index in [0.29, 0.717) is 12.5 Å². The molecule has 1 amide bonds. The van der Waals surface area contributed by atoms with Gasteiger partial charge in [0.25, 0.3) is 0 Å². The number of unbranched alkanes of at least 4 members (excludes halogenated alkanes) is 1. The van der Waals surface area contributed by atoms with Gasteiger partial charge in [0.2, 0.25) is 5.91 Å². The maximum absolute atomic E-state index is 10.7. The van der Waals surface area contributed by atoms with Gasteiger partial charge in [0, 0.05) is 0 Å². The Morgan fingerprint density at radius 2 is 2.07 bits per heavy atom. The maximum atomic E-state index is 10.7. The number of nitrogens with two attached hydrogens (primary N) is 1. The topological polar surface area (TPSA) is 52.3 Å². The first-order valence-corrected chi connectivity index (χ1v) is 5.52. The van der Waals surface area contributed by atoms with Crippen LogP contribution < -0.4 is 5.73 Å². The molecule has 0 aliphatic heterocycles. The van der Waals surface area contributed by atoms with Gasteiger partial charge in [0.15, 0.2) is 0 Å². The second-order valence-corrected chi connectivity index (χ2v) is 3.79. The highest BCUT2D eigenvalue weighted by atomic mass is 16.5. The van der Waals surface area contributed by atoms with Crippen molar-refractivity contribution >= 4 is 5.91 Å². The van der Waals surface area contributed by atoms with Crippen molar-refractivity contribution in [2.24, 2.45) is 11.7 Å².